The van der Waals surface area contributed by atoms with Gasteiger partial charge in [0.15, 0.2) is 0 Å². The van der Waals surface area contributed by atoms with E-state index in [1.807, 2.05) is 61.5 Å². The van der Waals surface area contributed by atoms with Gasteiger partial charge in [0, 0.05) is 43.9 Å². The van der Waals surface area contributed by atoms with Gasteiger partial charge in [-0.3, -0.25) is 4.98 Å². The average molecular weight is 751 g/mol. The predicted octanol–water partition coefficient (Wildman–Crippen LogP) is 9.34. The van der Waals surface area contributed by atoms with Crippen LogP contribution in [0, 0.1) is 19.1 Å². The SMILES string of the molecule is Cc1ccc2c(n1)oc1c(-c3ccccn3)[c-]ccc12.[Ir].[c-]1ccccc1-c1nc2cc(C3CCCC3)cc3c2n1CC=C3. The standard InChI is InChI=1S/C21H19N2.C17H11N2O.Ir/c1-2-9-16(10-3-1)21-22-19-14-18(15-7-4-5-8-15)13-17-11-6-12-23(21)20(17)19;1-11-8-9-13-12-5-4-6-14(15-7-2-3-10-18-15)16(12)20-17(13)19-11;/h1-3,6,9,11,13-15H,4-5,7-8,12H2;2-5,7-10H,1H3;/q2*-1;. The van der Waals surface area contributed by atoms with Crippen LogP contribution in [0.5, 0.6) is 0 Å². The van der Waals surface area contributed by atoms with Crippen LogP contribution in [0.4, 0.5) is 0 Å². The molecule has 1 aliphatic carbocycles. The van der Waals surface area contributed by atoms with Crippen LogP contribution in [0.2, 0.25) is 0 Å². The van der Waals surface area contributed by atoms with Crippen molar-refractivity contribution in [2.45, 2.75) is 45.1 Å². The van der Waals surface area contributed by atoms with Gasteiger partial charge in [0.2, 0.25) is 5.71 Å². The fraction of sp³-hybridized carbons (Fsp3) is 0.184. The van der Waals surface area contributed by atoms with Crippen LogP contribution in [0.25, 0.3) is 61.8 Å². The van der Waals surface area contributed by atoms with Gasteiger partial charge in [0.05, 0.1) is 22.4 Å². The van der Waals surface area contributed by atoms with Crippen molar-refractivity contribution < 1.29 is 24.5 Å². The number of rotatable bonds is 3. The normalized spacial score (nSPS) is 14.1. The fourth-order valence-electron chi connectivity index (χ4n) is 6.56. The monoisotopic (exact) mass is 751 g/mol. The van der Waals surface area contributed by atoms with E-state index >= 15 is 0 Å². The molecule has 0 amide bonds. The molecule has 1 fully saturated rings. The zero-order valence-electron chi connectivity index (χ0n) is 24.4. The maximum Gasteiger partial charge on any atom is 0.216 e. The van der Waals surface area contributed by atoms with Crippen LogP contribution in [0.1, 0.15) is 48.4 Å². The third-order valence-corrected chi connectivity index (χ3v) is 8.61. The van der Waals surface area contributed by atoms with Gasteiger partial charge in [0.25, 0.3) is 0 Å². The molecule has 0 spiro atoms. The summed E-state index contributed by atoms with van der Waals surface area (Å²) >= 11 is 0. The Hall–Kier alpha value is -4.38. The molecule has 9 rings (SSSR count). The van der Waals surface area contributed by atoms with E-state index in [-0.39, 0.29) is 20.1 Å². The van der Waals surface area contributed by atoms with Gasteiger partial charge in [0.1, 0.15) is 0 Å². The van der Waals surface area contributed by atoms with E-state index in [0.717, 1.165) is 62.7 Å². The molecule has 7 aromatic rings. The Morgan fingerprint density at radius 3 is 2.59 bits per heavy atom. The van der Waals surface area contributed by atoms with E-state index in [1.165, 1.54) is 42.3 Å². The molecule has 6 heteroatoms. The summed E-state index contributed by atoms with van der Waals surface area (Å²) in [4.78, 5) is 13.8. The Labute approximate surface area is 270 Å². The summed E-state index contributed by atoms with van der Waals surface area (Å²) < 4.78 is 8.26. The molecule has 1 radical (unpaired) electrons. The average Bonchev–Trinajstić information content (AvgIpc) is 3.81. The van der Waals surface area contributed by atoms with E-state index < -0.39 is 0 Å². The summed E-state index contributed by atoms with van der Waals surface area (Å²) in [5.41, 5.74) is 10.4. The molecule has 5 nitrogen and oxygen atoms in total. The molecule has 0 atom stereocenters. The number of fused-ring (bicyclic) bond motifs is 3. The Balaban J connectivity index is 0.000000140. The second-order valence-electron chi connectivity index (χ2n) is 11.4. The number of hydrogen-bond donors (Lipinski definition) is 0. The Bertz CT molecular complexity index is 2120. The van der Waals surface area contributed by atoms with Crippen molar-refractivity contribution in [3.8, 4) is 22.6 Å². The third-order valence-electron chi connectivity index (χ3n) is 8.61. The predicted molar refractivity (Wildman–Crippen MR) is 173 cm³/mol. The maximum atomic E-state index is 5.94. The molecule has 0 N–H and O–H groups in total. The first kappa shape index (κ1) is 28.4. The summed E-state index contributed by atoms with van der Waals surface area (Å²) in [5.74, 6) is 1.76. The molecule has 0 saturated heterocycles. The van der Waals surface area contributed by atoms with Crippen molar-refractivity contribution in [2.24, 2.45) is 0 Å². The number of aryl methyl sites for hydroxylation is 1. The van der Waals surface area contributed by atoms with Crippen molar-refractivity contribution in [1.29, 1.82) is 0 Å². The zero-order valence-corrected chi connectivity index (χ0v) is 26.8. The summed E-state index contributed by atoms with van der Waals surface area (Å²) in [7, 11) is 0. The summed E-state index contributed by atoms with van der Waals surface area (Å²) in [6.45, 7) is 2.85. The van der Waals surface area contributed by atoms with Gasteiger partial charge in [-0.1, -0.05) is 48.1 Å². The van der Waals surface area contributed by atoms with Crippen LogP contribution in [0.15, 0.2) is 95.6 Å². The minimum absolute atomic E-state index is 0. The quantitative estimate of drug-likeness (QED) is 0.169. The molecule has 44 heavy (non-hydrogen) atoms. The number of benzene rings is 3. The van der Waals surface area contributed by atoms with Crippen molar-refractivity contribution in [2.75, 3.05) is 0 Å². The first-order valence-corrected chi connectivity index (χ1v) is 15.0. The van der Waals surface area contributed by atoms with E-state index in [9.17, 15) is 0 Å². The van der Waals surface area contributed by atoms with Crippen LogP contribution in [0.3, 0.4) is 0 Å². The van der Waals surface area contributed by atoms with Gasteiger partial charge in [-0.25, -0.2) is 4.98 Å². The van der Waals surface area contributed by atoms with Crippen LogP contribution in [-0.4, -0.2) is 19.5 Å². The molecule has 1 aliphatic heterocycles. The van der Waals surface area contributed by atoms with Crippen LogP contribution in [-0.2, 0) is 26.7 Å². The Morgan fingerprint density at radius 2 is 1.77 bits per heavy atom. The van der Waals surface area contributed by atoms with Gasteiger partial charge in [-0.05, 0) is 72.8 Å². The molecule has 4 aromatic heterocycles. The summed E-state index contributed by atoms with van der Waals surface area (Å²) in [6, 6.07) is 33.2. The number of pyridine rings is 2. The smallest absolute Gasteiger partial charge is 0.216 e. The Kier molecular flexibility index (Phi) is 7.71. The van der Waals surface area contributed by atoms with Gasteiger partial charge in [-0.2, -0.15) is 0 Å². The number of aromatic nitrogens is 4. The minimum Gasteiger partial charge on any atom is -0.486 e. The van der Waals surface area contributed by atoms with Gasteiger partial charge >= 0.3 is 0 Å². The minimum atomic E-state index is 0. The molecule has 2 aliphatic rings. The molecule has 0 unspecified atom stereocenters. The number of nitrogens with zero attached hydrogens (tertiary/aromatic N) is 4. The Morgan fingerprint density at radius 1 is 0.886 bits per heavy atom. The molecule has 1 saturated carbocycles. The molecule has 219 valence electrons. The molecule has 0 bridgehead atoms. The first-order chi connectivity index (χ1) is 21.2. The van der Waals surface area contributed by atoms with E-state index in [2.05, 4.69) is 63.1 Å². The largest absolute Gasteiger partial charge is 0.486 e. The van der Waals surface area contributed by atoms with Crippen LogP contribution < -0.4 is 0 Å². The number of allylic oxidation sites excluding steroid dienone is 1. The van der Waals surface area contributed by atoms with Gasteiger partial charge < -0.3 is 14.0 Å². The number of hydrogen-bond acceptors (Lipinski definition) is 4. The number of furan rings is 1. The van der Waals surface area contributed by atoms with Gasteiger partial charge in [-0.15, -0.1) is 54.1 Å². The fourth-order valence-corrected chi connectivity index (χ4v) is 6.56. The molecular weight excluding hydrogens is 721 g/mol. The molecular formula is C38H30IrN4O-2. The van der Waals surface area contributed by atoms with Crippen molar-refractivity contribution >= 4 is 39.2 Å². The second-order valence-corrected chi connectivity index (χ2v) is 11.4. The van der Waals surface area contributed by atoms with E-state index in [4.69, 9.17) is 9.40 Å². The maximum absolute atomic E-state index is 5.94. The van der Waals surface area contributed by atoms with E-state index in [1.54, 1.807) is 6.20 Å². The van der Waals surface area contributed by atoms with Crippen molar-refractivity contribution in [3.63, 3.8) is 0 Å². The van der Waals surface area contributed by atoms with Crippen molar-refractivity contribution in [1.82, 2.24) is 19.5 Å². The molecule has 5 heterocycles. The second kappa shape index (κ2) is 12.0. The summed E-state index contributed by atoms with van der Waals surface area (Å²) in [6.07, 6.45) is 11.7. The van der Waals surface area contributed by atoms with Crippen LogP contribution >= 0.6 is 0 Å². The zero-order chi connectivity index (χ0) is 28.8. The topological polar surface area (TPSA) is 56.7 Å². The number of imidazole rings is 1. The van der Waals surface area contributed by atoms with Crippen molar-refractivity contribution in [3.05, 3.63) is 120 Å². The third kappa shape index (κ3) is 5.08. The van der Waals surface area contributed by atoms with E-state index in [0.29, 0.717) is 5.71 Å². The summed E-state index contributed by atoms with van der Waals surface area (Å²) in [5, 5.41) is 2.07. The molecule has 3 aromatic carbocycles. The first-order valence-electron chi connectivity index (χ1n) is 15.0.